The topological polar surface area (TPSA) is 26.3 Å². The number of rotatable bonds is 4. The Morgan fingerprint density at radius 3 is 2.88 bits per heavy atom. The predicted octanol–water partition coefficient (Wildman–Crippen LogP) is 3.56. The van der Waals surface area contributed by atoms with Crippen LogP contribution in [0.4, 0.5) is 0 Å². The van der Waals surface area contributed by atoms with Gasteiger partial charge < -0.3 is 4.74 Å². The molecule has 1 fully saturated rings. The second-order valence-electron chi connectivity index (χ2n) is 4.53. The standard InChI is InChI=1S/C14H17BrO2/c1-3-17-14(16)13-7-12(13)11-5-4-10(8-15)6-9(11)2/h4-6,12-13H,3,7-8H2,1-2H3. The first-order chi connectivity index (χ1) is 8.17. The number of halogens is 1. The molecule has 0 aromatic heterocycles. The summed E-state index contributed by atoms with van der Waals surface area (Å²) >= 11 is 3.45. The van der Waals surface area contributed by atoms with Crippen LogP contribution in [0.2, 0.25) is 0 Å². The summed E-state index contributed by atoms with van der Waals surface area (Å²) in [5.41, 5.74) is 3.85. The molecule has 0 radical (unpaired) electrons. The maximum atomic E-state index is 11.6. The third kappa shape index (κ3) is 2.71. The fraction of sp³-hybridized carbons (Fsp3) is 0.500. The van der Waals surface area contributed by atoms with Gasteiger partial charge in [0.05, 0.1) is 12.5 Å². The SMILES string of the molecule is CCOC(=O)C1CC1c1ccc(CBr)cc1C. The molecule has 0 bridgehead atoms. The van der Waals surface area contributed by atoms with E-state index in [9.17, 15) is 4.79 Å². The van der Waals surface area contributed by atoms with E-state index < -0.39 is 0 Å². The van der Waals surface area contributed by atoms with E-state index in [4.69, 9.17) is 4.74 Å². The van der Waals surface area contributed by atoms with Crippen LogP contribution in [0.5, 0.6) is 0 Å². The lowest BCUT2D eigenvalue weighted by atomic mass is 10.0. The van der Waals surface area contributed by atoms with E-state index in [0.717, 1.165) is 11.8 Å². The van der Waals surface area contributed by atoms with Crippen molar-refractivity contribution in [2.24, 2.45) is 5.92 Å². The summed E-state index contributed by atoms with van der Waals surface area (Å²) in [4.78, 5) is 11.6. The third-order valence-corrected chi connectivity index (χ3v) is 3.92. The number of alkyl halides is 1. The van der Waals surface area contributed by atoms with Gasteiger partial charge in [-0.25, -0.2) is 0 Å². The van der Waals surface area contributed by atoms with Crippen molar-refractivity contribution in [3.8, 4) is 0 Å². The highest BCUT2D eigenvalue weighted by Gasteiger charge is 2.45. The average Bonchev–Trinajstić information content (AvgIpc) is 3.09. The van der Waals surface area contributed by atoms with Gasteiger partial charge in [-0.15, -0.1) is 0 Å². The smallest absolute Gasteiger partial charge is 0.309 e. The number of hydrogen-bond donors (Lipinski definition) is 0. The van der Waals surface area contributed by atoms with Crippen molar-refractivity contribution in [2.45, 2.75) is 31.5 Å². The van der Waals surface area contributed by atoms with Gasteiger partial charge in [0.25, 0.3) is 0 Å². The first-order valence-corrected chi connectivity index (χ1v) is 7.11. The number of carbonyl (C=O) groups excluding carboxylic acids is 1. The molecule has 2 rings (SSSR count). The Bertz CT molecular complexity index is 428. The molecule has 1 aliphatic carbocycles. The van der Waals surface area contributed by atoms with Crippen molar-refractivity contribution in [1.29, 1.82) is 0 Å². The Hall–Kier alpha value is -0.830. The Morgan fingerprint density at radius 1 is 1.53 bits per heavy atom. The van der Waals surface area contributed by atoms with Crippen molar-refractivity contribution in [2.75, 3.05) is 6.61 Å². The molecule has 0 saturated heterocycles. The summed E-state index contributed by atoms with van der Waals surface area (Å²) in [6.07, 6.45) is 0.938. The zero-order chi connectivity index (χ0) is 12.4. The zero-order valence-corrected chi connectivity index (χ0v) is 11.8. The summed E-state index contributed by atoms with van der Waals surface area (Å²) in [6, 6.07) is 6.46. The summed E-state index contributed by atoms with van der Waals surface area (Å²) < 4.78 is 5.06. The highest BCUT2D eigenvalue weighted by atomic mass is 79.9. The van der Waals surface area contributed by atoms with Crippen LogP contribution in [0.25, 0.3) is 0 Å². The van der Waals surface area contributed by atoms with Crippen LogP contribution in [0.1, 0.15) is 36.0 Å². The lowest BCUT2D eigenvalue weighted by Crippen LogP contribution is -2.07. The summed E-state index contributed by atoms with van der Waals surface area (Å²) in [5, 5.41) is 0.875. The molecule has 0 spiro atoms. The van der Waals surface area contributed by atoms with Crippen LogP contribution in [0.15, 0.2) is 18.2 Å². The Kier molecular flexibility index (Phi) is 3.87. The van der Waals surface area contributed by atoms with E-state index >= 15 is 0 Å². The lowest BCUT2D eigenvalue weighted by molar-refractivity contribution is -0.144. The molecule has 0 heterocycles. The first-order valence-electron chi connectivity index (χ1n) is 5.99. The molecular formula is C14H17BrO2. The van der Waals surface area contributed by atoms with Gasteiger partial charge >= 0.3 is 5.97 Å². The average molecular weight is 297 g/mol. The molecule has 1 saturated carbocycles. The quantitative estimate of drug-likeness (QED) is 0.627. The maximum Gasteiger partial charge on any atom is 0.309 e. The molecule has 17 heavy (non-hydrogen) atoms. The molecule has 2 atom stereocenters. The molecule has 0 N–H and O–H groups in total. The third-order valence-electron chi connectivity index (χ3n) is 3.27. The van der Waals surface area contributed by atoms with Crippen LogP contribution in [0.3, 0.4) is 0 Å². The van der Waals surface area contributed by atoms with Crippen LogP contribution < -0.4 is 0 Å². The van der Waals surface area contributed by atoms with Gasteiger partial charge in [-0.1, -0.05) is 34.1 Å². The van der Waals surface area contributed by atoms with Crippen molar-refractivity contribution in [1.82, 2.24) is 0 Å². The summed E-state index contributed by atoms with van der Waals surface area (Å²) in [6.45, 7) is 4.44. The van der Waals surface area contributed by atoms with Crippen LogP contribution in [-0.4, -0.2) is 12.6 Å². The summed E-state index contributed by atoms with van der Waals surface area (Å²) in [5.74, 6) is 0.420. The minimum absolute atomic E-state index is 0.0403. The van der Waals surface area contributed by atoms with Gasteiger partial charge in [0.15, 0.2) is 0 Å². The van der Waals surface area contributed by atoms with Crippen molar-refractivity contribution in [3.05, 3.63) is 34.9 Å². The zero-order valence-electron chi connectivity index (χ0n) is 10.2. The Balaban J connectivity index is 2.08. The molecule has 0 amide bonds. The maximum absolute atomic E-state index is 11.6. The van der Waals surface area contributed by atoms with E-state index in [2.05, 4.69) is 41.1 Å². The number of hydrogen-bond acceptors (Lipinski definition) is 2. The van der Waals surface area contributed by atoms with Crippen LogP contribution in [0, 0.1) is 12.8 Å². The molecule has 2 nitrogen and oxygen atoms in total. The second kappa shape index (κ2) is 5.21. The van der Waals surface area contributed by atoms with Crippen molar-refractivity contribution < 1.29 is 9.53 Å². The molecular weight excluding hydrogens is 280 g/mol. The fourth-order valence-electron chi connectivity index (χ4n) is 2.29. The van der Waals surface area contributed by atoms with E-state index in [-0.39, 0.29) is 11.9 Å². The van der Waals surface area contributed by atoms with Gasteiger partial charge in [-0.3, -0.25) is 4.79 Å². The lowest BCUT2D eigenvalue weighted by Gasteiger charge is -2.07. The Labute approximate surface area is 110 Å². The fourth-order valence-corrected chi connectivity index (χ4v) is 2.63. The van der Waals surface area contributed by atoms with Gasteiger partial charge in [-0.2, -0.15) is 0 Å². The van der Waals surface area contributed by atoms with E-state index in [1.807, 2.05) is 6.92 Å². The molecule has 3 heteroatoms. The van der Waals surface area contributed by atoms with E-state index in [1.165, 1.54) is 16.7 Å². The Morgan fingerprint density at radius 2 is 2.29 bits per heavy atom. The monoisotopic (exact) mass is 296 g/mol. The van der Waals surface area contributed by atoms with E-state index in [1.54, 1.807) is 0 Å². The number of ether oxygens (including phenoxy) is 1. The molecule has 1 aromatic carbocycles. The normalized spacial score (nSPS) is 22.3. The van der Waals surface area contributed by atoms with Gasteiger partial charge in [-0.05, 0) is 42.9 Å². The summed E-state index contributed by atoms with van der Waals surface area (Å²) in [7, 11) is 0. The minimum Gasteiger partial charge on any atom is -0.466 e. The molecule has 1 aromatic rings. The van der Waals surface area contributed by atoms with Crippen LogP contribution >= 0.6 is 15.9 Å². The van der Waals surface area contributed by atoms with Crippen molar-refractivity contribution in [3.63, 3.8) is 0 Å². The van der Waals surface area contributed by atoms with Gasteiger partial charge in [0.2, 0.25) is 0 Å². The first kappa shape index (κ1) is 12.6. The van der Waals surface area contributed by atoms with Gasteiger partial charge in [0.1, 0.15) is 0 Å². The van der Waals surface area contributed by atoms with Crippen LogP contribution in [-0.2, 0) is 14.9 Å². The highest BCUT2D eigenvalue weighted by Crippen LogP contribution is 2.49. The minimum atomic E-state index is -0.0403. The molecule has 0 aliphatic heterocycles. The highest BCUT2D eigenvalue weighted by molar-refractivity contribution is 9.08. The largest absolute Gasteiger partial charge is 0.466 e. The predicted molar refractivity (Wildman–Crippen MR) is 71.3 cm³/mol. The van der Waals surface area contributed by atoms with Gasteiger partial charge in [0, 0.05) is 5.33 Å². The number of benzene rings is 1. The number of esters is 1. The molecule has 1 aliphatic rings. The van der Waals surface area contributed by atoms with Crippen molar-refractivity contribution >= 4 is 21.9 Å². The molecule has 92 valence electrons. The number of carbonyl (C=O) groups is 1. The van der Waals surface area contributed by atoms with E-state index in [0.29, 0.717) is 12.5 Å². The molecule has 2 unspecified atom stereocenters. The number of aryl methyl sites for hydroxylation is 1. The second-order valence-corrected chi connectivity index (χ2v) is 5.09.